The maximum atomic E-state index is 13.0. The van der Waals surface area contributed by atoms with Crippen molar-refractivity contribution >= 4 is 34.0 Å². The first kappa shape index (κ1) is 21.7. The van der Waals surface area contributed by atoms with Crippen molar-refractivity contribution in [2.24, 2.45) is 0 Å². The molecule has 0 amide bonds. The number of aromatic amines is 1. The van der Waals surface area contributed by atoms with E-state index in [1.807, 2.05) is 6.07 Å². The number of pyridine rings is 1. The van der Waals surface area contributed by atoms with Gasteiger partial charge in [0.05, 0.1) is 11.0 Å². The van der Waals surface area contributed by atoms with Gasteiger partial charge in [0.1, 0.15) is 17.3 Å². The number of nitriles is 1. The van der Waals surface area contributed by atoms with Gasteiger partial charge in [-0.05, 0) is 75.5 Å². The third kappa shape index (κ3) is 4.04. The number of nitrogens with zero attached hydrogens (tertiary/aromatic N) is 6. The molecule has 1 saturated heterocycles. The molecule has 2 aliphatic rings. The third-order valence-electron chi connectivity index (χ3n) is 7.51. The summed E-state index contributed by atoms with van der Waals surface area (Å²) in [5, 5.41) is 13.3. The van der Waals surface area contributed by atoms with E-state index in [0.29, 0.717) is 28.8 Å². The van der Waals surface area contributed by atoms with E-state index >= 15 is 0 Å². The van der Waals surface area contributed by atoms with Crippen LogP contribution in [0.2, 0.25) is 0 Å². The van der Waals surface area contributed by atoms with Crippen molar-refractivity contribution in [3.05, 3.63) is 51.9 Å². The Balaban J connectivity index is 1.32. The van der Waals surface area contributed by atoms with Crippen LogP contribution in [0.3, 0.4) is 0 Å². The molecule has 1 aliphatic carbocycles. The molecule has 0 atom stereocenters. The third-order valence-corrected chi connectivity index (χ3v) is 7.51. The zero-order valence-corrected chi connectivity index (χ0v) is 19.8. The number of fused-ring (bicyclic) bond motifs is 2. The number of H-pyrrole nitrogens is 1. The molecule has 9 heteroatoms. The molecule has 3 aromatic heterocycles. The molecule has 2 fully saturated rings. The van der Waals surface area contributed by atoms with E-state index in [2.05, 4.69) is 55.4 Å². The molecule has 4 aromatic rings. The molecular formula is C26H28N8O. The normalized spacial score (nSPS) is 17.8. The summed E-state index contributed by atoms with van der Waals surface area (Å²) in [7, 11) is 2.18. The Kier molecular flexibility index (Phi) is 5.46. The van der Waals surface area contributed by atoms with Crippen LogP contribution in [0.5, 0.6) is 0 Å². The van der Waals surface area contributed by atoms with Crippen LogP contribution in [0.1, 0.15) is 61.6 Å². The van der Waals surface area contributed by atoms with Crippen molar-refractivity contribution in [2.45, 2.75) is 50.5 Å². The van der Waals surface area contributed by atoms with Gasteiger partial charge in [-0.25, -0.2) is 9.97 Å². The average Bonchev–Trinajstić information content (AvgIpc) is 3.53. The van der Waals surface area contributed by atoms with Crippen molar-refractivity contribution < 1.29 is 0 Å². The number of piperidine rings is 1. The number of hydrogen-bond acceptors (Lipinski definition) is 7. The Morgan fingerprint density at radius 2 is 1.91 bits per heavy atom. The Bertz CT molecular complexity index is 1500. The summed E-state index contributed by atoms with van der Waals surface area (Å²) in [6.07, 6.45) is 7.98. The van der Waals surface area contributed by atoms with Crippen LogP contribution in [0.25, 0.3) is 22.1 Å². The fraction of sp³-hybridized carbons (Fsp3) is 0.423. The maximum absolute atomic E-state index is 13.0. The topological polar surface area (TPSA) is 116 Å². The van der Waals surface area contributed by atoms with Gasteiger partial charge in [0, 0.05) is 17.6 Å². The lowest BCUT2D eigenvalue weighted by Gasteiger charge is -2.29. The quantitative estimate of drug-likeness (QED) is 0.461. The lowest BCUT2D eigenvalue weighted by molar-refractivity contribution is 0.255. The van der Waals surface area contributed by atoms with E-state index in [1.54, 1.807) is 16.8 Å². The molecule has 9 nitrogen and oxygen atoms in total. The number of imidazole rings is 1. The first-order valence-corrected chi connectivity index (χ1v) is 12.4. The van der Waals surface area contributed by atoms with Crippen LogP contribution < -0.4 is 10.9 Å². The molecule has 6 rings (SSSR count). The molecule has 0 radical (unpaired) electrons. The molecule has 1 saturated carbocycles. The Hall–Kier alpha value is -3.77. The first-order valence-electron chi connectivity index (χ1n) is 12.4. The van der Waals surface area contributed by atoms with E-state index in [9.17, 15) is 10.1 Å². The summed E-state index contributed by atoms with van der Waals surface area (Å²) in [6, 6.07) is 10.1. The van der Waals surface area contributed by atoms with Crippen LogP contribution in [0, 0.1) is 11.3 Å². The van der Waals surface area contributed by atoms with Crippen molar-refractivity contribution in [2.75, 3.05) is 25.5 Å². The number of aromatic nitrogens is 5. The number of benzene rings is 1. The first-order chi connectivity index (χ1) is 17.1. The summed E-state index contributed by atoms with van der Waals surface area (Å²) >= 11 is 0. The van der Waals surface area contributed by atoms with Gasteiger partial charge in [0.2, 0.25) is 11.9 Å². The minimum Gasteiger partial charge on any atom is -0.324 e. The van der Waals surface area contributed by atoms with Crippen LogP contribution in [0.15, 0.2) is 35.3 Å². The Labute approximate surface area is 202 Å². The lowest BCUT2D eigenvalue weighted by atomic mass is 9.89. The second-order valence-electron chi connectivity index (χ2n) is 9.82. The minimum atomic E-state index is -0.276. The zero-order valence-electron chi connectivity index (χ0n) is 19.8. The molecule has 178 valence electrons. The van der Waals surface area contributed by atoms with Gasteiger partial charge < -0.3 is 9.88 Å². The van der Waals surface area contributed by atoms with E-state index < -0.39 is 0 Å². The van der Waals surface area contributed by atoms with Gasteiger partial charge in [-0.2, -0.15) is 10.2 Å². The standard InChI is InChI=1S/C26H28N8O/c1-33-10-8-16(9-11-33)17-6-7-21-22(13-17)30-26(29-21)32-25-28-15-19-12-18(14-27)24(35)34(23(19)31-25)20-4-2-3-5-20/h6-7,12-13,15-16,20H,2-5,8-11H2,1H3,(H2,28,29,30,31,32). The molecule has 1 aromatic carbocycles. The van der Waals surface area contributed by atoms with Crippen molar-refractivity contribution in [1.82, 2.24) is 29.4 Å². The zero-order chi connectivity index (χ0) is 23.9. The van der Waals surface area contributed by atoms with Gasteiger partial charge in [-0.15, -0.1) is 0 Å². The summed E-state index contributed by atoms with van der Waals surface area (Å²) in [4.78, 5) is 32.5. The van der Waals surface area contributed by atoms with Gasteiger partial charge in [-0.3, -0.25) is 14.7 Å². The molecule has 2 N–H and O–H groups in total. The Morgan fingerprint density at radius 1 is 1.11 bits per heavy atom. The fourth-order valence-corrected chi connectivity index (χ4v) is 5.55. The smallest absolute Gasteiger partial charge is 0.270 e. The predicted octanol–water partition coefficient (Wildman–Crippen LogP) is 4.21. The summed E-state index contributed by atoms with van der Waals surface area (Å²) < 4.78 is 1.69. The number of nitrogens with one attached hydrogen (secondary N) is 2. The largest absolute Gasteiger partial charge is 0.324 e. The SMILES string of the molecule is CN1CCC(c2ccc3nc(Nc4ncc5cc(C#N)c(=O)n(C6CCCC6)c5n4)[nH]c3c2)CC1. The number of anilines is 2. The van der Waals surface area contributed by atoms with E-state index in [1.165, 1.54) is 18.4 Å². The highest BCUT2D eigenvalue weighted by Crippen LogP contribution is 2.32. The maximum Gasteiger partial charge on any atom is 0.270 e. The van der Waals surface area contributed by atoms with Crippen molar-refractivity contribution in [3.8, 4) is 6.07 Å². The Morgan fingerprint density at radius 3 is 2.69 bits per heavy atom. The average molecular weight is 469 g/mol. The highest BCUT2D eigenvalue weighted by Gasteiger charge is 2.23. The second-order valence-corrected chi connectivity index (χ2v) is 9.82. The van der Waals surface area contributed by atoms with Gasteiger partial charge >= 0.3 is 0 Å². The van der Waals surface area contributed by atoms with Crippen LogP contribution in [0.4, 0.5) is 11.9 Å². The molecule has 4 heterocycles. The monoisotopic (exact) mass is 468 g/mol. The van der Waals surface area contributed by atoms with Gasteiger partial charge in [-0.1, -0.05) is 18.9 Å². The molecule has 1 aliphatic heterocycles. The van der Waals surface area contributed by atoms with Gasteiger partial charge in [0.15, 0.2) is 0 Å². The highest BCUT2D eigenvalue weighted by molar-refractivity contribution is 5.80. The van der Waals surface area contributed by atoms with Crippen LogP contribution >= 0.6 is 0 Å². The fourth-order valence-electron chi connectivity index (χ4n) is 5.55. The highest BCUT2D eigenvalue weighted by atomic mass is 16.1. The van der Waals surface area contributed by atoms with Gasteiger partial charge in [0.25, 0.3) is 5.56 Å². The molecule has 0 unspecified atom stereocenters. The summed E-state index contributed by atoms with van der Waals surface area (Å²) in [6.45, 7) is 2.25. The van der Waals surface area contributed by atoms with E-state index in [0.717, 1.165) is 49.8 Å². The van der Waals surface area contributed by atoms with Crippen LogP contribution in [-0.2, 0) is 0 Å². The lowest BCUT2D eigenvalue weighted by Crippen LogP contribution is -2.29. The molecule has 0 bridgehead atoms. The predicted molar refractivity (Wildman–Crippen MR) is 135 cm³/mol. The molecular weight excluding hydrogens is 440 g/mol. The summed E-state index contributed by atoms with van der Waals surface area (Å²) in [5.74, 6) is 1.50. The number of likely N-dealkylation sites (tertiary alicyclic amines) is 1. The summed E-state index contributed by atoms with van der Waals surface area (Å²) in [5.41, 5.74) is 3.61. The van der Waals surface area contributed by atoms with Crippen molar-refractivity contribution in [3.63, 3.8) is 0 Å². The number of rotatable bonds is 4. The minimum absolute atomic E-state index is 0.0604. The van der Waals surface area contributed by atoms with E-state index in [-0.39, 0.29) is 17.2 Å². The van der Waals surface area contributed by atoms with E-state index in [4.69, 9.17) is 0 Å². The molecule has 35 heavy (non-hydrogen) atoms. The van der Waals surface area contributed by atoms with Crippen molar-refractivity contribution in [1.29, 1.82) is 5.26 Å². The van der Waals surface area contributed by atoms with Crippen LogP contribution in [-0.4, -0.2) is 49.5 Å². The second kappa shape index (κ2) is 8.78. The molecule has 0 spiro atoms. The number of hydrogen-bond donors (Lipinski definition) is 2.